The van der Waals surface area contributed by atoms with Crippen LogP contribution in [0.2, 0.25) is 5.15 Å². The number of halogens is 3. The number of amides is 1. The van der Waals surface area contributed by atoms with Crippen LogP contribution < -0.4 is 9.64 Å². The maximum atomic E-state index is 13.5. The number of piperazine rings is 1. The van der Waals surface area contributed by atoms with Gasteiger partial charge in [0.2, 0.25) is 0 Å². The summed E-state index contributed by atoms with van der Waals surface area (Å²) in [4.78, 5) is 22.4. The number of fused-ring (bicyclic) bond motifs is 3. The van der Waals surface area contributed by atoms with Crippen molar-refractivity contribution in [3.63, 3.8) is 0 Å². The summed E-state index contributed by atoms with van der Waals surface area (Å²) >= 11 is 6.03. The zero-order valence-electron chi connectivity index (χ0n) is 18.0. The van der Waals surface area contributed by atoms with Crippen LogP contribution in [0.4, 0.5) is 19.3 Å². The molecule has 4 heterocycles. The highest BCUT2D eigenvalue weighted by Crippen LogP contribution is 2.45. The Morgan fingerprint density at radius 1 is 1.18 bits per heavy atom. The summed E-state index contributed by atoms with van der Waals surface area (Å²) in [6.45, 7) is 3.97. The summed E-state index contributed by atoms with van der Waals surface area (Å²) < 4.78 is 38.1. The Kier molecular flexibility index (Phi) is 6.25. The minimum atomic E-state index is -2.75. The monoisotopic (exact) mass is 478 g/mol. The highest BCUT2D eigenvalue weighted by molar-refractivity contribution is 6.29. The van der Waals surface area contributed by atoms with E-state index in [1.54, 1.807) is 11.0 Å². The molecule has 5 rings (SSSR count). The third-order valence-corrected chi connectivity index (χ3v) is 6.79. The number of aromatic nitrogens is 1. The Balaban J connectivity index is 1.18. The molecule has 0 radical (unpaired) electrons. The molecule has 3 aliphatic rings. The van der Waals surface area contributed by atoms with Crippen LogP contribution >= 0.6 is 11.6 Å². The van der Waals surface area contributed by atoms with Crippen molar-refractivity contribution < 1.29 is 23.0 Å². The van der Waals surface area contributed by atoms with Gasteiger partial charge >= 0.3 is 6.09 Å². The van der Waals surface area contributed by atoms with E-state index in [-0.39, 0.29) is 35.7 Å². The summed E-state index contributed by atoms with van der Waals surface area (Å²) in [5.41, 5.74) is 1.15. The van der Waals surface area contributed by atoms with Crippen LogP contribution in [0.3, 0.4) is 0 Å². The van der Waals surface area contributed by atoms with Crippen molar-refractivity contribution in [3.8, 4) is 5.75 Å². The van der Waals surface area contributed by atoms with Gasteiger partial charge in [-0.05, 0) is 5.56 Å². The largest absolute Gasteiger partial charge is 0.489 e. The Morgan fingerprint density at radius 2 is 1.94 bits per heavy atom. The fraction of sp³-hybridized carbons (Fsp3) is 0.478. The lowest BCUT2D eigenvalue weighted by molar-refractivity contribution is 0.0415. The number of anilines is 1. The first-order valence-electron chi connectivity index (χ1n) is 11.1. The lowest BCUT2D eigenvalue weighted by atomic mass is 9.90. The zero-order valence-corrected chi connectivity index (χ0v) is 18.8. The average Bonchev–Trinajstić information content (AvgIpc) is 2.94. The standard InChI is InChI=1S/C23H25ClF2N4O3/c24-19-12-17-21(20(27-19)22(25)26)32-11-6-16-18(13-30(16)17)28-7-9-29(10-8-28)23(31)33-14-15-4-2-1-3-5-15/h1-5,12,16,18,22H,6-11,13-14H2/t16-,18+/m0/s1. The second-order valence-electron chi connectivity index (χ2n) is 8.47. The number of ether oxygens (including phenoxy) is 2. The molecule has 1 amide bonds. The fourth-order valence-corrected chi connectivity index (χ4v) is 5.05. The molecule has 2 fully saturated rings. The molecule has 7 nitrogen and oxygen atoms in total. The third kappa shape index (κ3) is 4.44. The van der Waals surface area contributed by atoms with Crippen molar-refractivity contribution in [1.82, 2.24) is 14.8 Å². The Bertz CT molecular complexity index is 1000. The molecule has 33 heavy (non-hydrogen) atoms. The number of benzene rings is 1. The van der Waals surface area contributed by atoms with Gasteiger partial charge in [0, 0.05) is 57.3 Å². The summed E-state index contributed by atoms with van der Waals surface area (Å²) in [6, 6.07) is 11.6. The number of hydrogen-bond acceptors (Lipinski definition) is 6. The minimum absolute atomic E-state index is 0.0411. The van der Waals surface area contributed by atoms with E-state index in [1.165, 1.54) is 0 Å². The van der Waals surface area contributed by atoms with Gasteiger partial charge < -0.3 is 19.3 Å². The molecule has 1 aromatic carbocycles. The number of carbonyl (C=O) groups is 1. The van der Waals surface area contributed by atoms with Gasteiger partial charge in [-0.2, -0.15) is 0 Å². The molecule has 0 aliphatic carbocycles. The van der Waals surface area contributed by atoms with E-state index in [1.807, 2.05) is 30.3 Å². The summed E-state index contributed by atoms with van der Waals surface area (Å²) in [7, 11) is 0. The highest BCUT2D eigenvalue weighted by Gasteiger charge is 2.46. The first-order valence-corrected chi connectivity index (χ1v) is 11.5. The molecule has 10 heteroatoms. The van der Waals surface area contributed by atoms with Gasteiger partial charge in [-0.25, -0.2) is 18.6 Å². The van der Waals surface area contributed by atoms with E-state index in [0.29, 0.717) is 31.9 Å². The highest BCUT2D eigenvalue weighted by atomic mass is 35.5. The number of carbonyl (C=O) groups excluding carboxylic acids is 1. The number of hydrogen-bond donors (Lipinski definition) is 0. The third-order valence-electron chi connectivity index (χ3n) is 6.60. The molecule has 0 saturated carbocycles. The summed E-state index contributed by atoms with van der Waals surface area (Å²) in [5, 5.41) is 0.0411. The van der Waals surface area contributed by atoms with Gasteiger partial charge in [0.15, 0.2) is 11.4 Å². The molecule has 176 valence electrons. The first-order chi connectivity index (χ1) is 16.0. The van der Waals surface area contributed by atoms with Gasteiger partial charge in [0.05, 0.1) is 12.3 Å². The fourth-order valence-electron chi connectivity index (χ4n) is 4.86. The molecule has 2 aromatic rings. The van der Waals surface area contributed by atoms with Crippen LogP contribution in [0, 0.1) is 0 Å². The molecule has 2 saturated heterocycles. The van der Waals surface area contributed by atoms with E-state index < -0.39 is 12.1 Å². The van der Waals surface area contributed by atoms with Gasteiger partial charge in [-0.1, -0.05) is 41.9 Å². The van der Waals surface area contributed by atoms with Crippen molar-refractivity contribution in [2.75, 3.05) is 44.2 Å². The molecule has 2 atom stereocenters. The zero-order chi connectivity index (χ0) is 22.9. The molecular weight excluding hydrogens is 454 g/mol. The van der Waals surface area contributed by atoms with E-state index in [9.17, 15) is 13.6 Å². The minimum Gasteiger partial charge on any atom is -0.489 e. The molecule has 0 unspecified atom stereocenters. The Hall–Kier alpha value is -2.65. The predicted molar refractivity (Wildman–Crippen MR) is 119 cm³/mol. The Morgan fingerprint density at radius 3 is 2.67 bits per heavy atom. The molecule has 3 aliphatic heterocycles. The van der Waals surface area contributed by atoms with Gasteiger partial charge in [0.1, 0.15) is 11.8 Å². The molecule has 0 spiro atoms. The van der Waals surface area contributed by atoms with Crippen LogP contribution in [0.1, 0.15) is 24.1 Å². The van der Waals surface area contributed by atoms with Crippen molar-refractivity contribution >= 4 is 23.4 Å². The van der Waals surface area contributed by atoms with Crippen molar-refractivity contribution in [3.05, 3.63) is 52.8 Å². The lowest BCUT2D eigenvalue weighted by Gasteiger charge is -2.54. The number of rotatable bonds is 4. The maximum absolute atomic E-state index is 13.5. The molecule has 0 N–H and O–H groups in total. The molecule has 0 bridgehead atoms. The lowest BCUT2D eigenvalue weighted by Crippen LogP contribution is -2.69. The topological polar surface area (TPSA) is 58.1 Å². The average molecular weight is 479 g/mol. The maximum Gasteiger partial charge on any atom is 0.410 e. The number of nitrogens with zero attached hydrogens (tertiary/aromatic N) is 4. The van der Waals surface area contributed by atoms with E-state index in [4.69, 9.17) is 21.1 Å². The van der Waals surface area contributed by atoms with Gasteiger partial charge in [-0.15, -0.1) is 0 Å². The van der Waals surface area contributed by atoms with E-state index >= 15 is 0 Å². The summed E-state index contributed by atoms with van der Waals surface area (Å²) in [5.74, 6) is 0.140. The van der Waals surface area contributed by atoms with E-state index in [0.717, 1.165) is 25.1 Å². The van der Waals surface area contributed by atoms with Crippen LogP contribution in [-0.4, -0.2) is 72.3 Å². The predicted octanol–water partition coefficient (Wildman–Crippen LogP) is 3.97. The van der Waals surface area contributed by atoms with Crippen molar-refractivity contribution in [2.24, 2.45) is 0 Å². The molecule has 1 aromatic heterocycles. The summed E-state index contributed by atoms with van der Waals surface area (Å²) in [6.07, 6.45) is -2.33. The SMILES string of the molecule is O=C(OCc1ccccc1)N1CCN([C@@H]2CN3c4cc(Cl)nc(C(F)F)c4OCC[C@@H]23)CC1. The van der Waals surface area contributed by atoms with Crippen molar-refractivity contribution in [1.29, 1.82) is 0 Å². The first kappa shape index (κ1) is 22.2. The number of pyridine rings is 1. The Labute approximate surface area is 195 Å². The second kappa shape index (κ2) is 9.30. The van der Waals surface area contributed by atoms with Crippen molar-refractivity contribution in [2.45, 2.75) is 31.5 Å². The molecular formula is C23H25ClF2N4O3. The van der Waals surface area contributed by atoms with Gasteiger partial charge in [0.25, 0.3) is 6.43 Å². The quantitative estimate of drug-likeness (QED) is 0.620. The van der Waals surface area contributed by atoms with Crippen LogP contribution in [0.25, 0.3) is 0 Å². The van der Waals surface area contributed by atoms with Gasteiger partial charge in [-0.3, -0.25) is 4.90 Å². The van der Waals surface area contributed by atoms with Crippen LogP contribution in [0.15, 0.2) is 36.4 Å². The van der Waals surface area contributed by atoms with E-state index in [2.05, 4.69) is 14.8 Å². The normalized spacial score (nSPS) is 22.7. The second-order valence-corrected chi connectivity index (χ2v) is 8.85. The smallest absolute Gasteiger partial charge is 0.410 e. The van der Waals surface area contributed by atoms with Crippen LogP contribution in [-0.2, 0) is 11.3 Å². The number of alkyl halides is 2. The van der Waals surface area contributed by atoms with Crippen LogP contribution in [0.5, 0.6) is 5.75 Å².